The zero-order chi connectivity index (χ0) is 20.6. The number of hydrogen-bond acceptors (Lipinski definition) is 6. The lowest BCUT2D eigenvalue weighted by atomic mass is 9.86. The highest BCUT2D eigenvalue weighted by Gasteiger charge is 2.18. The van der Waals surface area contributed by atoms with E-state index in [2.05, 4.69) is 10.6 Å². The van der Waals surface area contributed by atoms with E-state index in [-0.39, 0.29) is 22.2 Å². The first-order valence-electron chi connectivity index (χ1n) is 9.76. The number of rotatable bonds is 10. The van der Waals surface area contributed by atoms with Gasteiger partial charge in [-0.2, -0.15) is 0 Å². The Morgan fingerprint density at radius 1 is 1.21 bits per heavy atom. The summed E-state index contributed by atoms with van der Waals surface area (Å²) in [6.45, 7) is 0.653. The van der Waals surface area contributed by atoms with Crippen molar-refractivity contribution in [2.45, 2.75) is 56.3 Å². The highest BCUT2D eigenvalue weighted by atomic mass is 32.2. The number of hydrogen-bond donors (Lipinski definition) is 2. The molecule has 0 spiro atoms. The molecular formula is C19H29N3O5S. The van der Waals surface area contributed by atoms with E-state index in [0.29, 0.717) is 19.5 Å². The van der Waals surface area contributed by atoms with Crippen LogP contribution in [-0.2, 0) is 14.6 Å². The number of anilines is 1. The highest BCUT2D eigenvalue weighted by Crippen LogP contribution is 2.28. The first-order valence-corrected chi connectivity index (χ1v) is 11.7. The highest BCUT2D eigenvalue weighted by molar-refractivity contribution is 7.90. The topological polar surface area (TPSA) is 118 Å². The summed E-state index contributed by atoms with van der Waals surface area (Å²) < 4.78 is 23.1. The lowest BCUT2D eigenvalue weighted by molar-refractivity contribution is -0.384. The number of nitro groups is 1. The molecule has 156 valence electrons. The van der Waals surface area contributed by atoms with Crippen LogP contribution in [0.5, 0.6) is 0 Å². The van der Waals surface area contributed by atoms with E-state index in [4.69, 9.17) is 0 Å². The normalized spacial score (nSPS) is 15.2. The summed E-state index contributed by atoms with van der Waals surface area (Å²) in [6, 6.07) is 3.75. The van der Waals surface area contributed by atoms with Gasteiger partial charge in [0.25, 0.3) is 5.69 Å². The van der Waals surface area contributed by atoms with E-state index >= 15 is 0 Å². The molecule has 0 heterocycles. The summed E-state index contributed by atoms with van der Waals surface area (Å²) in [6.07, 6.45) is 10.00. The average molecular weight is 412 g/mol. The molecule has 1 aromatic carbocycles. The van der Waals surface area contributed by atoms with E-state index in [9.17, 15) is 23.3 Å². The molecule has 2 N–H and O–H groups in total. The van der Waals surface area contributed by atoms with Crippen LogP contribution < -0.4 is 10.6 Å². The second kappa shape index (κ2) is 10.4. The van der Waals surface area contributed by atoms with Gasteiger partial charge in [0, 0.05) is 31.8 Å². The molecule has 1 fully saturated rings. The Morgan fingerprint density at radius 3 is 2.57 bits per heavy atom. The first-order chi connectivity index (χ1) is 13.3. The van der Waals surface area contributed by atoms with Gasteiger partial charge in [-0.15, -0.1) is 0 Å². The van der Waals surface area contributed by atoms with Gasteiger partial charge in [0.1, 0.15) is 5.69 Å². The van der Waals surface area contributed by atoms with Gasteiger partial charge in [-0.1, -0.05) is 32.1 Å². The van der Waals surface area contributed by atoms with Gasteiger partial charge in [0.15, 0.2) is 9.84 Å². The van der Waals surface area contributed by atoms with Crippen molar-refractivity contribution in [2.75, 3.05) is 24.7 Å². The molecule has 1 aromatic rings. The minimum atomic E-state index is -3.52. The van der Waals surface area contributed by atoms with Crippen LogP contribution in [0.2, 0.25) is 0 Å². The largest absolute Gasteiger partial charge is 0.378 e. The van der Waals surface area contributed by atoms with Crippen LogP contribution in [0.4, 0.5) is 11.4 Å². The summed E-state index contributed by atoms with van der Waals surface area (Å²) in [4.78, 5) is 22.4. The second-order valence-corrected chi connectivity index (χ2v) is 9.40. The van der Waals surface area contributed by atoms with Gasteiger partial charge >= 0.3 is 0 Å². The zero-order valence-corrected chi connectivity index (χ0v) is 17.1. The minimum Gasteiger partial charge on any atom is -0.378 e. The maximum atomic E-state index is 11.9. The Hall–Kier alpha value is -2.16. The fourth-order valence-corrected chi connectivity index (χ4v) is 4.20. The molecule has 0 saturated heterocycles. The summed E-state index contributed by atoms with van der Waals surface area (Å²) in [7, 11) is -3.52. The standard InChI is InChI=1S/C19H29N3O5S/c1-28(26,27)16-10-11-17(18(14-16)22(24)25)20-12-13-21-19(23)9-5-8-15-6-3-2-4-7-15/h10-11,14-15,20H,2-9,12-13H2,1H3,(H,21,23). The van der Waals surface area contributed by atoms with Crippen molar-refractivity contribution in [3.8, 4) is 0 Å². The van der Waals surface area contributed by atoms with Gasteiger partial charge < -0.3 is 10.6 Å². The number of nitro benzene ring substituents is 1. The third kappa shape index (κ3) is 7.10. The summed E-state index contributed by atoms with van der Waals surface area (Å²) >= 11 is 0. The SMILES string of the molecule is CS(=O)(=O)c1ccc(NCCNC(=O)CCCC2CCCCC2)c([N+](=O)[O-])c1. The van der Waals surface area contributed by atoms with Crippen LogP contribution in [-0.4, -0.2) is 38.6 Å². The third-order valence-electron chi connectivity index (χ3n) is 5.10. The van der Waals surface area contributed by atoms with Crippen molar-refractivity contribution in [1.29, 1.82) is 0 Å². The Balaban J connectivity index is 1.73. The van der Waals surface area contributed by atoms with Crippen molar-refractivity contribution in [2.24, 2.45) is 5.92 Å². The van der Waals surface area contributed by atoms with Gasteiger partial charge in [-0.05, 0) is 30.9 Å². The van der Waals surface area contributed by atoms with Gasteiger partial charge in [0.2, 0.25) is 5.91 Å². The molecule has 1 aliphatic rings. The molecule has 1 amide bonds. The molecule has 1 saturated carbocycles. The van der Waals surface area contributed by atoms with Crippen molar-refractivity contribution < 1.29 is 18.1 Å². The molecule has 0 aliphatic heterocycles. The van der Waals surface area contributed by atoms with E-state index < -0.39 is 14.8 Å². The first kappa shape index (κ1) is 22.1. The number of sulfone groups is 1. The van der Waals surface area contributed by atoms with Crippen molar-refractivity contribution >= 4 is 27.1 Å². The smallest absolute Gasteiger partial charge is 0.293 e. The number of carbonyl (C=O) groups excluding carboxylic acids is 1. The van der Waals surface area contributed by atoms with Crippen molar-refractivity contribution in [3.63, 3.8) is 0 Å². The molecule has 0 radical (unpaired) electrons. The van der Waals surface area contributed by atoms with E-state index in [1.165, 1.54) is 44.2 Å². The van der Waals surface area contributed by atoms with Crippen LogP contribution in [0.3, 0.4) is 0 Å². The Kier molecular flexibility index (Phi) is 8.22. The fourth-order valence-electron chi connectivity index (χ4n) is 3.56. The van der Waals surface area contributed by atoms with Gasteiger partial charge in [0.05, 0.1) is 9.82 Å². The molecule has 0 atom stereocenters. The van der Waals surface area contributed by atoms with Gasteiger partial charge in [-0.25, -0.2) is 8.42 Å². The fraction of sp³-hybridized carbons (Fsp3) is 0.632. The molecule has 8 nitrogen and oxygen atoms in total. The maximum absolute atomic E-state index is 11.9. The third-order valence-corrected chi connectivity index (χ3v) is 6.21. The lowest BCUT2D eigenvalue weighted by Crippen LogP contribution is -2.28. The maximum Gasteiger partial charge on any atom is 0.293 e. The number of carbonyl (C=O) groups is 1. The van der Waals surface area contributed by atoms with Crippen LogP contribution >= 0.6 is 0 Å². The molecule has 1 aliphatic carbocycles. The van der Waals surface area contributed by atoms with E-state index in [0.717, 1.165) is 31.1 Å². The van der Waals surface area contributed by atoms with Crippen molar-refractivity contribution in [3.05, 3.63) is 28.3 Å². The number of nitrogens with one attached hydrogen (secondary N) is 2. The number of benzene rings is 1. The molecule has 9 heteroatoms. The second-order valence-electron chi connectivity index (χ2n) is 7.38. The summed E-state index contributed by atoms with van der Waals surface area (Å²) in [5.74, 6) is 0.748. The minimum absolute atomic E-state index is 0.0143. The lowest BCUT2D eigenvalue weighted by Gasteiger charge is -2.21. The molecule has 0 bridgehead atoms. The molecule has 28 heavy (non-hydrogen) atoms. The van der Waals surface area contributed by atoms with Crippen molar-refractivity contribution in [1.82, 2.24) is 5.32 Å². The Bertz CT molecular complexity index is 789. The van der Waals surface area contributed by atoms with Crippen LogP contribution in [0.1, 0.15) is 51.4 Å². The van der Waals surface area contributed by atoms with E-state index in [1.54, 1.807) is 0 Å². The van der Waals surface area contributed by atoms with Crippen LogP contribution in [0.15, 0.2) is 23.1 Å². The summed E-state index contributed by atoms with van der Waals surface area (Å²) in [5.41, 5.74) is -0.0781. The van der Waals surface area contributed by atoms with Crippen LogP contribution in [0.25, 0.3) is 0 Å². The van der Waals surface area contributed by atoms with E-state index in [1.807, 2.05) is 0 Å². The van der Waals surface area contributed by atoms with Gasteiger partial charge in [-0.3, -0.25) is 14.9 Å². The monoisotopic (exact) mass is 411 g/mol. The predicted molar refractivity (Wildman–Crippen MR) is 108 cm³/mol. The zero-order valence-electron chi connectivity index (χ0n) is 16.3. The quantitative estimate of drug-likeness (QED) is 0.346. The molecule has 0 aromatic heterocycles. The average Bonchev–Trinajstić information content (AvgIpc) is 2.65. The Labute approximate surface area is 166 Å². The Morgan fingerprint density at radius 2 is 1.93 bits per heavy atom. The predicted octanol–water partition coefficient (Wildman–Crippen LogP) is 3.28. The molecule has 0 unspecified atom stereocenters. The summed E-state index contributed by atoms with van der Waals surface area (Å²) in [5, 5.41) is 16.9. The molecule has 2 rings (SSSR count). The van der Waals surface area contributed by atoms with Crippen LogP contribution in [0, 0.1) is 16.0 Å². The molecular weight excluding hydrogens is 382 g/mol. The number of nitrogens with zero attached hydrogens (tertiary/aromatic N) is 1. The number of amides is 1.